The first kappa shape index (κ1) is 23.2. The zero-order valence-electron chi connectivity index (χ0n) is 17.3. The number of amides is 1. The summed E-state index contributed by atoms with van der Waals surface area (Å²) in [6.07, 6.45) is 4.04. The first-order valence-electron chi connectivity index (χ1n) is 10.4. The van der Waals surface area contributed by atoms with Gasteiger partial charge in [-0.2, -0.15) is 13.2 Å². The number of hydrogen-bond donors (Lipinski definition) is 2. The smallest absolute Gasteiger partial charge is 0.475 e. The number of aromatic nitrogens is 2. The molecule has 11 heteroatoms. The summed E-state index contributed by atoms with van der Waals surface area (Å²) in [6, 6.07) is 0. The van der Waals surface area contributed by atoms with Crippen molar-refractivity contribution < 1.29 is 32.6 Å². The number of carboxylic acids is 1. The summed E-state index contributed by atoms with van der Waals surface area (Å²) >= 11 is 0. The molecule has 0 aromatic carbocycles. The number of carboxylic acid groups (broad SMARTS) is 1. The molecule has 1 unspecified atom stereocenters. The molecule has 1 saturated carbocycles. The summed E-state index contributed by atoms with van der Waals surface area (Å²) in [5, 5.41) is 10.4. The number of carbonyl (C=O) groups excluding carboxylic acids is 1. The fraction of sp³-hybridized carbons (Fsp3) is 0.700. The molecule has 2 N–H and O–H groups in total. The molecule has 3 fully saturated rings. The van der Waals surface area contributed by atoms with Gasteiger partial charge in [0.2, 0.25) is 11.9 Å². The van der Waals surface area contributed by atoms with Gasteiger partial charge in [0.15, 0.2) is 0 Å². The summed E-state index contributed by atoms with van der Waals surface area (Å²) in [7, 11) is 0. The second-order valence-corrected chi connectivity index (χ2v) is 8.32. The Hall–Kier alpha value is -2.43. The molecular weight excluding hydrogens is 417 g/mol. The van der Waals surface area contributed by atoms with Crippen molar-refractivity contribution in [2.45, 2.75) is 50.8 Å². The number of alkyl halides is 3. The van der Waals surface area contributed by atoms with Crippen LogP contribution in [0.2, 0.25) is 0 Å². The van der Waals surface area contributed by atoms with Crippen LogP contribution in [0.15, 0.2) is 12.4 Å². The Labute approximate surface area is 178 Å². The van der Waals surface area contributed by atoms with Crippen LogP contribution in [0.25, 0.3) is 0 Å². The van der Waals surface area contributed by atoms with E-state index >= 15 is 0 Å². The molecule has 1 amide bonds. The number of hydrogen-bond acceptors (Lipinski definition) is 6. The number of likely N-dealkylation sites (tertiary alicyclic amines) is 1. The molecule has 0 bridgehead atoms. The van der Waals surface area contributed by atoms with Crippen LogP contribution in [0.3, 0.4) is 0 Å². The molecule has 3 aliphatic rings. The van der Waals surface area contributed by atoms with E-state index in [0.717, 1.165) is 57.5 Å². The van der Waals surface area contributed by atoms with Gasteiger partial charge >= 0.3 is 12.1 Å². The Morgan fingerprint density at radius 2 is 1.87 bits per heavy atom. The molecule has 2 aliphatic heterocycles. The van der Waals surface area contributed by atoms with Crippen molar-refractivity contribution in [1.29, 1.82) is 0 Å². The van der Waals surface area contributed by atoms with Crippen molar-refractivity contribution >= 4 is 17.8 Å². The average Bonchev–Trinajstić information content (AvgIpc) is 3.04. The number of nitrogens with zero attached hydrogens (tertiary/aromatic N) is 3. The lowest BCUT2D eigenvalue weighted by atomic mass is 9.76. The summed E-state index contributed by atoms with van der Waals surface area (Å²) in [6.45, 7) is 5.21. The maximum Gasteiger partial charge on any atom is 0.490 e. The third-order valence-corrected chi connectivity index (χ3v) is 6.08. The fourth-order valence-corrected chi connectivity index (χ4v) is 4.05. The van der Waals surface area contributed by atoms with Gasteiger partial charge in [0, 0.05) is 31.5 Å². The van der Waals surface area contributed by atoms with Crippen molar-refractivity contribution in [2.24, 2.45) is 11.8 Å². The summed E-state index contributed by atoms with van der Waals surface area (Å²) in [5.74, 6) is -0.910. The van der Waals surface area contributed by atoms with Crippen molar-refractivity contribution in [3.05, 3.63) is 18.0 Å². The van der Waals surface area contributed by atoms with E-state index in [1.165, 1.54) is 6.42 Å². The molecule has 0 radical (unpaired) electrons. The lowest BCUT2D eigenvalue weighted by molar-refractivity contribution is -0.192. The van der Waals surface area contributed by atoms with Crippen LogP contribution in [0.5, 0.6) is 0 Å². The minimum absolute atomic E-state index is 0.0881. The third kappa shape index (κ3) is 5.63. The second kappa shape index (κ2) is 9.37. The molecule has 31 heavy (non-hydrogen) atoms. The van der Waals surface area contributed by atoms with Gasteiger partial charge in [-0.25, -0.2) is 14.8 Å². The lowest BCUT2D eigenvalue weighted by Gasteiger charge is -2.51. The maximum atomic E-state index is 12.3. The molecule has 2 saturated heterocycles. The lowest BCUT2D eigenvalue weighted by Crippen LogP contribution is -2.67. The van der Waals surface area contributed by atoms with Gasteiger partial charge in [0.25, 0.3) is 0 Å². The van der Waals surface area contributed by atoms with E-state index in [2.05, 4.69) is 15.3 Å². The van der Waals surface area contributed by atoms with Crippen LogP contribution in [0, 0.1) is 18.8 Å². The number of ether oxygens (including phenoxy) is 1. The number of halogens is 3. The number of anilines is 1. The normalized spacial score (nSPS) is 22.2. The SMILES string of the molecule is Cc1cnc(NCCC2CCOC23CN(C(=O)C2CCC2)C3)nc1.O=C(O)C(F)(F)F. The van der Waals surface area contributed by atoms with Gasteiger partial charge in [0.05, 0.1) is 13.1 Å². The highest BCUT2D eigenvalue weighted by atomic mass is 19.4. The molecule has 1 spiro atoms. The van der Waals surface area contributed by atoms with Crippen molar-refractivity contribution in [2.75, 3.05) is 31.6 Å². The van der Waals surface area contributed by atoms with E-state index in [9.17, 15) is 18.0 Å². The molecule has 3 heterocycles. The molecular formula is C20H27F3N4O4. The van der Waals surface area contributed by atoms with Crippen LogP contribution in [-0.2, 0) is 14.3 Å². The molecule has 1 atom stereocenters. The van der Waals surface area contributed by atoms with E-state index in [0.29, 0.717) is 23.7 Å². The molecule has 4 rings (SSSR count). The summed E-state index contributed by atoms with van der Waals surface area (Å²) < 4.78 is 37.8. The van der Waals surface area contributed by atoms with Gasteiger partial charge in [-0.3, -0.25) is 4.79 Å². The van der Waals surface area contributed by atoms with Crippen molar-refractivity contribution in [3.63, 3.8) is 0 Å². The van der Waals surface area contributed by atoms with Crippen LogP contribution in [0.1, 0.15) is 37.7 Å². The van der Waals surface area contributed by atoms with E-state index in [-0.39, 0.29) is 5.60 Å². The highest BCUT2D eigenvalue weighted by Crippen LogP contribution is 2.43. The van der Waals surface area contributed by atoms with Crippen LogP contribution in [-0.4, -0.2) is 69.9 Å². The largest absolute Gasteiger partial charge is 0.490 e. The number of rotatable bonds is 5. The first-order valence-corrected chi connectivity index (χ1v) is 10.4. The Morgan fingerprint density at radius 1 is 1.26 bits per heavy atom. The number of aryl methyl sites for hydroxylation is 1. The zero-order chi connectivity index (χ0) is 22.6. The maximum absolute atomic E-state index is 12.3. The summed E-state index contributed by atoms with van der Waals surface area (Å²) in [4.78, 5) is 31.8. The number of carbonyl (C=O) groups is 2. The van der Waals surface area contributed by atoms with E-state index in [1.54, 1.807) is 0 Å². The highest BCUT2D eigenvalue weighted by Gasteiger charge is 2.54. The quantitative estimate of drug-likeness (QED) is 0.719. The average molecular weight is 444 g/mol. The minimum Gasteiger partial charge on any atom is -0.475 e. The van der Waals surface area contributed by atoms with Crippen LogP contribution >= 0.6 is 0 Å². The zero-order valence-corrected chi connectivity index (χ0v) is 17.3. The molecule has 1 aromatic heterocycles. The molecule has 1 aromatic rings. The third-order valence-electron chi connectivity index (χ3n) is 6.08. The van der Waals surface area contributed by atoms with E-state index < -0.39 is 12.1 Å². The number of aliphatic carboxylic acids is 1. The van der Waals surface area contributed by atoms with E-state index in [4.69, 9.17) is 14.6 Å². The molecule has 172 valence electrons. The van der Waals surface area contributed by atoms with Gasteiger partial charge in [-0.05, 0) is 44.1 Å². The Kier molecular flexibility index (Phi) is 7.03. The first-order chi connectivity index (χ1) is 14.6. The number of nitrogens with one attached hydrogen (secondary N) is 1. The fourth-order valence-electron chi connectivity index (χ4n) is 4.05. The summed E-state index contributed by atoms with van der Waals surface area (Å²) in [5.41, 5.74) is 0.976. The van der Waals surface area contributed by atoms with Crippen LogP contribution < -0.4 is 5.32 Å². The predicted octanol–water partition coefficient (Wildman–Crippen LogP) is 2.64. The van der Waals surface area contributed by atoms with Gasteiger partial charge < -0.3 is 20.1 Å². The minimum atomic E-state index is -5.08. The van der Waals surface area contributed by atoms with Gasteiger partial charge in [-0.1, -0.05) is 6.42 Å². The standard InChI is InChI=1S/C18H26N4O2.C2HF3O2/c1-13-9-20-17(21-10-13)19-7-5-15-6-8-24-18(15)11-22(12-18)16(23)14-3-2-4-14;3-2(4,5)1(6)7/h9-10,14-15H,2-8,11-12H2,1H3,(H,19,20,21);(H,6,7). The topological polar surface area (TPSA) is 105 Å². The van der Waals surface area contributed by atoms with Gasteiger partial charge in [-0.15, -0.1) is 0 Å². The van der Waals surface area contributed by atoms with Crippen molar-refractivity contribution in [1.82, 2.24) is 14.9 Å². The molecule has 1 aliphatic carbocycles. The molecule has 8 nitrogen and oxygen atoms in total. The Morgan fingerprint density at radius 3 is 2.39 bits per heavy atom. The Balaban J connectivity index is 0.000000339. The van der Waals surface area contributed by atoms with Gasteiger partial charge in [0.1, 0.15) is 5.60 Å². The van der Waals surface area contributed by atoms with Crippen LogP contribution in [0.4, 0.5) is 19.1 Å². The highest BCUT2D eigenvalue weighted by molar-refractivity contribution is 5.80. The monoisotopic (exact) mass is 444 g/mol. The Bertz CT molecular complexity index is 778. The van der Waals surface area contributed by atoms with Crippen molar-refractivity contribution in [3.8, 4) is 0 Å². The predicted molar refractivity (Wildman–Crippen MR) is 104 cm³/mol. The second-order valence-electron chi connectivity index (χ2n) is 8.32. The van der Waals surface area contributed by atoms with E-state index in [1.807, 2.05) is 24.2 Å².